The summed E-state index contributed by atoms with van der Waals surface area (Å²) in [4.78, 5) is 27.7. The molecular formula is C25H33ClN2O3. The summed E-state index contributed by atoms with van der Waals surface area (Å²) in [5.74, 6) is 0.264. The van der Waals surface area contributed by atoms with Crippen LogP contribution < -0.4 is 10.1 Å². The first-order chi connectivity index (χ1) is 14.7. The monoisotopic (exact) mass is 444 g/mol. The van der Waals surface area contributed by atoms with Gasteiger partial charge in [0.15, 0.2) is 6.61 Å². The predicted octanol–water partition coefficient (Wildman–Crippen LogP) is 5.06. The number of halogens is 1. The Morgan fingerprint density at radius 1 is 1.03 bits per heavy atom. The number of nitrogens with zero attached hydrogens (tertiary/aromatic N) is 1. The number of hydrogen-bond donors (Lipinski definition) is 1. The third-order valence-corrected chi connectivity index (χ3v) is 5.46. The van der Waals surface area contributed by atoms with Crippen molar-refractivity contribution >= 4 is 23.4 Å². The van der Waals surface area contributed by atoms with E-state index in [1.54, 1.807) is 17.0 Å². The van der Waals surface area contributed by atoms with Crippen molar-refractivity contribution < 1.29 is 14.3 Å². The average Bonchev–Trinajstić information content (AvgIpc) is 2.72. The number of carbonyl (C=O) groups is 2. The van der Waals surface area contributed by atoms with Gasteiger partial charge < -0.3 is 15.0 Å². The van der Waals surface area contributed by atoms with Crippen LogP contribution >= 0.6 is 11.6 Å². The van der Waals surface area contributed by atoms with Crippen molar-refractivity contribution in [2.24, 2.45) is 0 Å². The minimum Gasteiger partial charge on any atom is -0.484 e. The molecule has 0 aliphatic rings. The number of amides is 2. The Morgan fingerprint density at radius 3 is 2.19 bits per heavy atom. The zero-order valence-electron chi connectivity index (χ0n) is 19.1. The number of aryl methyl sites for hydroxylation is 2. The number of rotatable bonds is 10. The van der Waals surface area contributed by atoms with E-state index in [0.717, 1.165) is 23.1 Å². The molecule has 0 radical (unpaired) electrons. The molecule has 168 valence electrons. The highest BCUT2D eigenvalue weighted by atomic mass is 35.5. The van der Waals surface area contributed by atoms with Gasteiger partial charge in [-0.1, -0.05) is 43.6 Å². The summed E-state index contributed by atoms with van der Waals surface area (Å²) < 4.78 is 5.80. The Kier molecular flexibility index (Phi) is 9.38. The molecule has 0 aromatic heterocycles. The third kappa shape index (κ3) is 7.59. The minimum absolute atomic E-state index is 0.0422. The number of benzene rings is 2. The molecule has 2 aromatic carbocycles. The number of hydrogen-bond acceptors (Lipinski definition) is 3. The molecule has 0 aliphatic heterocycles. The van der Waals surface area contributed by atoms with Crippen molar-refractivity contribution in [1.82, 2.24) is 10.2 Å². The van der Waals surface area contributed by atoms with Crippen molar-refractivity contribution in [3.05, 3.63) is 64.2 Å². The smallest absolute Gasteiger partial charge is 0.261 e. The molecule has 0 saturated heterocycles. The van der Waals surface area contributed by atoms with Crippen molar-refractivity contribution in [2.75, 3.05) is 6.61 Å². The molecule has 0 heterocycles. The topological polar surface area (TPSA) is 58.6 Å². The second-order valence-electron chi connectivity index (χ2n) is 8.00. The van der Waals surface area contributed by atoms with E-state index in [4.69, 9.17) is 16.3 Å². The largest absolute Gasteiger partial charge is 0.484 e. The van der Waals surface area contributed by atoms with E-state index in [1.165, 1.54) is 0 Å². The molecule has 2 aromatic rings. The van der Waals surface area contributed by atoms with E-state index in [0.29, 0.717) is 23.7 Å². The highest BCUT2D eigenvalue weighted by Crippen LogP contribution is 2.18. The number of ether oxygens (including phenoxy) is 1. The normalized spacial score (nSPS) is 12.7. The zero-order chi connectivity index (χ0) is 23.0. The molecule has 1 N–H and O–H groups in total. The highest BCUT2D eigenvalue weighted by Gasteiger charge is 2.29. The third-order valence-electron chi connectivity index (χ3n) is 5.21. The van der Waals surface area contributed by atoms with Gasteiger partial charge in [0.1, 0.15) is 11.8 Å². The Bertz CT molecular complexity index is 863. The number of nitrogens with one attached hydrogen (secondary N) is 1. The molecule has 2 rings (SSSR count). The maximum Gasteiger partial charge on any atom is 0.261 e. The van der Waals surface area contributed by atoms with E-state index < -0.39 is 6.04 Å². The van der Waals surface area contributed by atoms with E-state index in [1.807, 2.05) is 65.0 Å². The lowest BCUT2D eigenvalue weighted by Gasteiger charge is -2.31. The van der Waals surface area contributed by atoms with E-state index >= 15 is 0 Å². The summed E-state index contributed by atoms with van der Waals surface area (Å²) in [6.45, 7) is 10.0. The molecule has 31 heavy (non-hydrogen) atoms. The molecule has 5 nitrogen and oxygen atoms in total. The Balaban J connectivity index is 2.22. The van der Waals surface area contributed by atoms with Crippen LogP contribution in [0.3, 0.4) is 0 Å². The average molecular weight is 445 g/mol. The number of carbonyl (C=O) groups excluding carboxylic acids is 2. The van der Waals surface area contributed by atoms with Crippen molar-refractivity contribution in [3.8, 4) is 5.75 Å². The van der Waals surface area contributed by atoms with Gasteiger partial charge in [-0.2, -0.15) is 0 Å². The first-order valence-corrected chi connectivity index (χ1v) is 11.2. The quantitative estimate of drug-likeness (QED) is 0.557. The SMILES string of the molecule is CCC(C)NC(=O)C(CC)N(Cc1ccc(Cl)cc1)C(=O)COc1cc(C)cc(C)c1. The molecule has 0 aliphatic carbocycles. The van der Waals surface area contributed by atoms with Gasteiger partial charge in [0.2, 0.25) is 5.91 Å². The standard InChI is InChI=1S/C25H33ClN2O3/c1-6-19(5)27-25(30)23(7-2)28(15-20-8-10-21(26)11-9-20)24(29)16-31-22-13-17(3)12-18(4)14-22/h8-14,19,23H,6-7,15-16H2,1-5H3,(H,27,30). The summed E-state index contributed by atoms with van der Waals surface area (Å²) in [7, 11) is 0. The van der Waals surface area contributed by atoms with E-state index in [2.05, 4.69) is 5.32 Å². The van der Waals surface area contributed by atoms with Crippen molar-refractivity contribution in [1.29, 1.82) is 0 Å². The fourth-order valence-corrected chi connectivity index (χ4v) is 3.52. The van der Waals surface area contributed by atoms with Crippen LogP contribution in [-0.2, 0) is 16.1 Å². The molecule has 2 unspecified atom stereocenters. The lowest BCUT2D eigenvalue weighted by Crippen LogP contribution is -2.51. The van der Waals surface area contributed by atoms with Crippen LogP contribution in [0.1, 0.15) is 50.3 Å². The maximum atomic E-state index is 13.2. The van der Waals surface area contributed by atoms with Crippen LogP contribution in [0.5, 0.6) is 5.75 Å². The maximum absolute atomic E-state index is 13.2. The summed E-state index contributed by atoms with van der Waals surface area (Å²) >= 11 is 6.00. The molecule has 2 atom stereocenters. The van der Waals surface area contributed by atoms with E-state index in [-0.39, 0.29) is 24.5 Å². The summed E-state index contributed by atoms with van der Waals surface area (Å²) in [6.07, 6.45) is 1.33. The van der Waals surface area contributed by atoms with Gasteiger partial charge in [0.05, 0.1) is 0 Å². The van der Waals surface area contributed by atoms with Gasteiger partial charge >= 0.3 is 0 Å². The molecule has 0 spiro atoms. The van der Waals surface area contributed by atoms with Crippen molar-refractivity contribution in [3.63, 3.8) is 0 Å². The van der Waals surface area contributed by atoms with E-state index in [9.17, 15) is 9.59 Å². The van der Waals surface area contributed by atoms with Gasteiger partial charge in [-0.25, -0.2) is 0 Å². The Hall–Kier alpha value is -2.53. The van der Waals surface area contributed by atoms with Crippen molar-refractivity contribution in [2.45, 2.75) is 66.1 Å². The highest BCUT2D eigenvalue weighted by molar-refractivity contribution is 6.30. The second-order valence-corrected chi connectivity index (χ2v) is 8.44. The van der Waals surface area contributed by atoms with Gasteiger partial charge in [-0.15, -0.1) is 0 Å². The van der Waals surface area contributed by atoms with Crippen LogP contribution in [0.2, 0.25) is 5.02 Å². The van der Waals surface area contributed by atoms with Crippen LogP contribution in [0.4, 0.5) is 0 Å². The molecule has 2 amide bonds. The molecule has 0 fully saturated rings. The van der Waals surface area contributed by atoms with Crippen LogP contribution in [0.15, 0.2) is 42.5 Å². The summed E-state index contributed by atoms with van der Waals surface area (Å²) in [6, 6.07) is 12.6. The van der Waals surface area contributed by atoms with Gasteiger partial charge in [0, 0.05) is 17.6 Å². The predicted molar refractivity (Wildman–Crippen MR) is 125 cm³/mol. The Morgan fingerprint density at radius 2 is 1.65 bits per heavy atom. The molecular weight excluding hydrogens is 412 g/mol. The summed E-state index contributed by atoms with van der Waals surface area (Å²) in [5, 5.41) is 3.63. The second kappa shape index (κ2) is 11.8. The van der Waals surface area contributed by atoms with Gasteiger partial charge in [-0.3, -0.25) is 9.59 Å². The molecule has 6 heteroatoms. The van der Waals surface area contributed by atoms with Crippen LogP contribution in [0, 0.1) is 13.8 Å². The lowest BCUT2D eigenvalue weighted by atomic mass is 10.1. The minimum atomic E-state index is -0.583. The fraction of sp³-hybridized carbons (Fsp3) is 0.440. The van der Waals surface area contributed by atoms with Gasteiger partial charge in [0.25, 0.3) is 5.91 Å². The molecule has 0 saturated carbocycles. The first-order valence-electron chi connectivity index (χ1n) is 10.8. The molecule has 0 bridgehead atoms. The lowest BCUT2D eigenvalue weighted by molar-refractivity contribution is -0.143. The fourth-order valence-electron chi connectivity index (χ4n) is 3.39. The Labute approximate surface area is 190 Å². The zero-order valence-corrected chi connectivity index (χ0v) is 19.8. The van der Waals surface area contributed by atoms with Crippen LogP contribution in [-0.4, -0.2) is 35.4 Å². The summed E-state index contributed by atoms with van der Waals surface area (Å²) in [5.41, 5.74) is 3.04. The first kappa shape index (κ1) is 24.7. The van der Waals surface area contributed by atoms with Gasteiger partial charge in [-0.05, 0) is 74.6 Å². The van der Waals surface area contributed by atoms with Crippen LogP contribution in [0.25, 0.3) is 0 Å².